The molecule has 1 amide bonds. The lowest BCUT2D eigenvalue weighted by Crippen LogP contribution is -2.48. The Morgan fingerprint density at radius 3 is 2.70 bits per heavy atom. The van der Waals surface area contributed by atoms with Crippen LogP contribution in [0.2, 0.25) is 0 Å². The van der Waals surface area contributed by atoms with Crippen molar-refractivity contribution in [3.63, 3.8) is 0 Å². The van der Waals surface area contributed by atoms with Crippen molar-refractivity contribution in [2.24, 2.45) is 11.8 Å². The Bertz CT molecular complexity index is 363. The van der Waals surface area contributed by atoms with Crippen molar-refractivity contribution in [3.8, 4) is 0 Å². The zero-order valence-electron chi connectivity index (χ0n) is 13.1. The van der Waals surface area contributed by atoms with Gasteiger partial charge in [0.15, 0.2) is 0 Å². The van der Waals surface area contributed by atoms with Gasteiger partial charge >= 0.3 is 6.09 Å². The van der Waals surface area contributed by atoms with Gasteiger partial charge in [-0.15, -0.1) is 0 Å². The van der Waals surface area contributed by atoms with Crippen molar-refractivity contribution >= 4 is 6.09 Å². The van der Waals surface area contributed by atoms with E-state index in [1.807, 2.05) is 27.7 Å². The smallest absolute Gasteiger partial charge is 0.410 e. The largest absolute Gasteiger partial charge is 0.444 e. The van der Waals surface area contributed by atoms with E-state index in [2.05, 4.69) is 5.32 Å². The van der Waals surface area contributed by atoms with Crippen molar-refractivity contribution < 1.29 is 14.6 Å². The van der Waals surface area contributed by atoms with E-state index < -0.39 is 11.2 Å². The summed E-state index contributed by atoms with van der Waals surface area (Å²) in [6, 6.07) is 0. The maximum Gasteiger partial charge on any atom is 0.410 e. The van der Waals surface area contributed by atoms with Gasteiger partial charge in [-0.05, 0) is 46.5 Å². The molecular weight excluding hydrogens is 256 g/mol. The maximum atomic E-state index is 12.2. The molecule has 0 radical (unpaired) electrons. The second kappa shape index (κ2) is 5.53. The molecule has 0 aliphatic carbocycles. The Morgan fingerprint density at radius 2 is 2.15 bits per heavy atom. The third-order valence-corrected chi connectivity index (χ3v) is 4.32. The third kappa shape index (κ3) is 3.64. The van der Waals surface area contributed by atoms with E-state index in [9.17, 15) is 9.90 Å². The number of carbonyl (C=O) groups is 1. The number of hydrogen-bond acceptors (Lipinski definition) is 4. The number of hydrogen-bond donors (Lipinski definition) is 2. The standard InChI is InChI=1S/C15H28N2O3/c1-14(2,3)20-13(18)17-7-5-6-11(9-17)12-8-16-10-15(12,4)19/h11-12,16,19H,5-10H2,1-4H3. The van der Waals surface area contributed by atoms with E-state index in [-0.39, 0.29) is 12.0 Å². The molecule has 0 saturated carbocycles. The summed E-state index contributed by atoms with van der Waals surface area (Å²) in [6.07, 6.45) is 1.82. The molecule has 2 fully saturated rings. The number of amides is 1. The number of piperidine rings is 1. The monoisotopic (exact) mass is 284 g/mol. The first kappa shape index (κ1) is 15.6. The number of rotatable bonds is 1. The lowest BCUT2D eigenvalue weighted by Gasteiger charge is -2.39. The first-order valence-electron chi connectivity index (χ1n) is 7.60. The molecule has 0 bridgehead atoms. The minimum Gasteiger partial charge on any atom is -0.444 e. The van der Waals surface area contributed by atoms with Gasteiger partial charge in [-0.3, -0.25) is 0 Å². The average Bonchev–Trinajstić information content (AvgIpc) is 2.67. The number of aliphatic hydroxyl groups is 1. The Labute approximate surface area is 121 Å². The molecule has 2 N–H and O–H groups in total. The normalized spacial score (nSPS) is 35.1. The highest BCUT2D eigenvalue weighted by Crippen LogP contribution is 2.34. The number of ether oxygens (including phenoxy) is 1. The molecule has 3 atom stereocenters. The van der Waals surface area contributed by atoms with Crippen LogP contribution in [0.3, 0.4) is 0 Å². The van der Waals surface area contributed by atoms with Gasteiger partial charge in [0.05, 0.1) is 5.60 Å². The molecule has 20 heavy (non-hydrogen) atoms. The molecule has 2 saturated heterocycles. The summed E-state index contributed by atoms with van der Waals surface area (Å²) in [4.78, 5) is 14.0. The van der Waals surface area contributed by atoms with Gasteiger partial charge in [-0.1, -0.05) is 0 Å². The van der Waals surface area contributed by atoms with E-state index in [0.29, 0.717) is 19.0 Å². The van der Waals surface area contributed by atoms with Crippen molar-refractivity contribution in [2.75, 3.05) is 26.2 Å². The first-order valence-corrected chi connectivity index (χ1v) is 7.60. The van der Waals surface area contributed by atoms with Crippen molar-refractivity contribution in [1.82, 2.24) is 10.2 Å². The molecule has 0 aromatic heterocycles. The lowest BCUT2D eigenvalue weighted by atomic mass is 9.78. The Balaban J connectivity index is 1.97. The van der Waals surface area contributed by atoms with Gasteiger partial charge in [-0.25, -0.2) is 4.79 Å². The van der Waals surface area contributed by atoms with Crippen LogP contribution in [0.25, 0.3) is 0 Å². The van der Waals surface area contributed by atoms with Crippen molar-refractivity contribution in [3.05, 3.63) is 0 Å². The minimum absolute atomic E-state index is 0.215. The Morgan fingerprint density at radius 1 is 1.45 bits per heavy atom. The third-order valence-electron chi connectivity index (χ3n) is 4.32. The summed E-state index contributed by atoms with van der Waals surface area (Å²) < 4.78 is 5.45. The average molecular weight is 284 g/mol. The van der Waals surface area contributed by atoms with Gasteiger partial charge in [-0.2, -0.15) is 0 Å². The predicted octanol–water partition coefficient (Wildman–Crippen LogP) is 1.60. The highest BCUT2D eigenvalue weighted by molar-refractivity contribution is 5.68. The lowest BCUT2D eigenvalue weighted by molar-refractivity contribution is -0.0186. The molecule has 5 nitrogen and oxygen atoms in total. The zero-order valence-corrected chi connectivity index (χ0v) is 13.1. The second-order valence-corrected chi connectivity index (χ2v) is 7.42. The van der Waals surface area contributed by atoms with Gasteiger partial charge in [0.2, 0.25) is 0 Å². The fourth-order valence-corrected chi connectivity index (χ4v) is 3.34. The molecule has 0 aromatic carbocycles. The van der Waals surface area contributed by atoms with Crippen molar-refractivity contribution in [1.29, 1.82) is 0 Å². The van der Waals surface area contributed by atoms with E-state index in [1.165, 1.54) is 0 Å². The highest BCUT2D eigenvalue weighted by atomic mass is 16.6. The van der Waals surface area contributed by atoms with Gasteiger partial charge in [0.1, 0.15) is 5.60 Å². The van der Waals surface area contributed by atoms with Crippen LogP contribution in [0, 0.1) is 11.8 Å². The first-order chi connectivity index (χ1) is 9.19. The molecule has 2 aliphatic rings. The fraction of sp³-hybridized carbons (Fsp3) is 0.933. The fourth-order valence-electron chi connectivity index (χ4n) is 3.34. The second-order valence-electron chi connectivity index (χ2n) is 7.42. The van der Waals surface area contributed by atoms with Crippen LogP contribution in [-0.2, 0) is 4.74 Å². The summed E-state index contributed by atoms with van der Waals surface area (Å²) in [5.74, 6) is 0.564. The van der Waals surface area contributed by atoms with Gasteiger partial charge in [0, 0.05) is 32.1 Å². The van der Waals surface area contributed by atoms with E-state index in [4.69, 9.17) is 4.74 Å². The van der Waals surface area contributed by atoms with Crippen LogP contribution >= 0.6 is 0 Å². The molecule has 5 heteroatoms. The van der Waals surface area contributed by atoms with Gasteiger partial charge in [0.25, 0.3) is 0 Å². The topological polar surface area (TPSA) is 61.8 Å². The molecular formula is C15H28N2O3. The van der Waals surface area contributed by atoms with Crippen LogP contribution in [0.5, 0.6) is 0 Å². The van der Waals surface area contributed by atoms with Crippen LogP contribution in [0.15, 0.2) is 0 Å². The minimum atomic E-state index is -0.665. The molecule has 2 rings (SSSR count). The van der Waals surface area contributed by atoms with E-state index in [0.717, 1.165) is 25.9 Å². The maximum absolute atomic E-state index is 12.2. The number of nitrogens with one attached hydrogen (secondary N) is 1. The number of nitrogens with zero attached hydrogens (tertiary/aromatic N) is 1. The molecule has 2 heterocycles. The quantitative estimate of drug-likeness (QED) is 0.768. The summed E-state index contributed by atoms with van der Waals surface area (Å²) in [5.41, 5.74) is -1.12. The molecule has 0 aromatic rings. The summed E-state index contributed by atoms with van der Waals surface area (Å²) in [7, 11) is 0. The Hall–Kier alpha value is -0.810. The van der Waals surface area contributed by atoms with Crippen LogP contribution in [0.4, 0.5) is 4.79 Å². The number of carbonyl (C=O) groups excluding carboxylic acids is 1. The Kier molecular flexibility index (Phi) is 4.30. The predicted molar refractivity (Wildman–Crippen MR) is 77.5 cm³/mol. The summed E-state index contributed by atoms with van der Waals surface area (Å²) in [5, 5.41) is 13.7. The number of β-amino-alcohol motifs (C(OH)–C–C–N with tert-alkyl or cyclic N) is 1. The summed E-state index contributed by atoms with van der Waals surface area (Å²) in [6.45, 7) is 10.5. The van der Waals surface area contributed by atoms with Gasteiger partial charge < -0.3 is 20.1 Å². The summed E-state index contributed by atoms with van der Waals surface area (Å²) >= 11 is 0. The van der Waals surface area contributed by atoms with E-state index in [1.54, 1.807) is 4.90 Å². The van der Waals surface area contributed by atoms with Crippen LogP contribution in [-0.4, -0.2) is 53.5 Å². The molecule has 2 aliphatic heterocycles. The zero-order chi connectivity index (χ0) is 15.0. The molecule has 116 valence electrons. The number of likely N-dealkylation sites (tertiary alicyclic amines) is 1. The highest BCUT2D eigenvalue weighted by Gasteiger charge is 2.43. The molecule has 3 unspecified atom stereocenters. The van der Waals surface area contributed by atoms with Crippen molar-refractivity contribution in [2.45, 2.75) is 51.7 Å². The molecule has 0 spiro atoms. The van der Waals surface area contributed by atoms with Crippen LogP contribution < -0.4 is 5.32 Å². The SMILES string of the molecule is CC(C)(C)OC(=O)N1CCCC(C2CNCC2(C)O)C1. The van der Waals surface area contributed by atoms with E-state index >= 15 is 0 Å². The van der Waals surface area contributed by atoms with Crippen LogP contribution in [0.1, 0.15) is 40.5 Å².